The third kappa shape index (κ3) is 4.27. The fourth-order valence-electron chi connectivity index (χ4n) is 3.49. The van der Waals surface area contributed by atoms with Gasteiger partial charge in [0.2, 0.25) is 0 Å². The Kier molecular flexibility index (Phi) is 5.56. The van der Waals surface area contributed by atoms with Gasteiger partial charge < -0.3 is 10.3 Å². The highest BCUT2D eigenvalue weighted by molar-refractivity contribution is 5.97. The summed E-state index contributed by atoms with van der Waals surface area (Å²) in [5, 5.41) is 2.47. The third-order valence-corrected chi connectivity index (χ3v) is 5.08. The van der Waals surface area contributed by atoms with Crippen LogP contribution in [0, 0.1) is 5.82 Å². The Labute approximate surface area is 179 Å². The van der Waals surface area contributed by atoms with Gasteiger partial charge >= 0.3 is 11.9 Å². The van der Waals surface area contributed by atoms with E-state index >= 15 is 0 Å². The van der Waals surface area contributed by atoms with Gasteiger partial charge in [0.15, 0.2) is 0 Å². The summed E-state index contributed by atoms with van der Waals surface area (Å²) in [4.78, 5) is 27.5. The predicted molar refractivity (Wildman–Crippen MR) is 111 cm³/mol. The Morgan fingerprint density at radius 1 is 0.969 bits per heavy atom. The van der Waals surface area contributed by atoms with Crippen LogP contribution in [-0.4, -0.2) is 15.5 Å². The molecule has 32 heavy (non-hydrogen) atoms. The highest BCUT2D eigenvalue weighted by atomic mass is 19.4. The minimum Gasteiger partial charge on any atom is -0.348 e. The molecule has 0 spiro atoms. The summed E-state index contributed by atoms with van der Waals surface area (Å²) in [6.07, 6.45) is -4.53. The van der Waals surface area contributed by atoms with Crippen molar-refractivity contribution < 1.29 is 22.4 Å². The average Bonchev–Trinajstić information content (AvgIpc) is 3.07. The van der Waals surface area contributed by atoms with Crippen LogP contribution >= 0.6 is 0 Å². The van der Waals surface area contributed by atoms with Crippen LogP contribution in [0.2, 0.25) is 0 Å². The van der Waals surface area contributed by atoms with E-state index in [9.17, 15) is 27.2 Å². The largest absolute Gasteiger partial charge is 0.416 e. The number of benzene rings is 3. The average molecular weight is 443 g/mol. The van der Waals surface area contributed by atoms with Crippen molar-refractivity contribution in [2.75, 3.05) is 0 Å². The summed E-state index contributed by atoms with van der Waals surface area (Å²) in [6.45, 7) is -0.303. The zero-order valence-corrected chi connectivity index (χ0v) is 16.5. The van der Waals surface area contributed by atoms with E-state index in [1.807, 2.05) is 0 Å². The number of hydrogen-bond acceptors (Lipinski definition) is 2. The first-order valence-corrected chi connectivity index (χ1v) is 9.63. The predicted octanol–water partition coefficient (Wildman–Crippen LogP) is 4.47. The minimum absolute atomic E-state index is 0.00523. The lowest BCUT2D eigenvalue weighted by Gasteiger charge is -2.13. The molecule has 4 aromatic rings. The van der Waals surface area contributed by atoms with Gasteiger partial charge in [-0.1, -0.05) is 36.4 Å². The Morgan fingerprint density at radius 2 is 1.66 bits per heavy atom. The number of aromatic nitrogens is 2. The van der Waals surface area contributed by atoms with Crippen LogP contribution < -0.4 is 11.0 Å². The SMILES string of the molecule is O=C(NCc1ccccc1C(F)(F)F)c1ccc2c(c1)[nH]c(=O)n2Cc1ccccc1F. The minimum atomic E-state index is -4.53. The number of alkyl halides is 3. The van der Waals surface area contributed by atoms with Gasteiger partial charge in [0, 0.05) is 17.7 Å². The molecule has 1 heterocycles. The van der Waals surface area contributed by atoms with Crippen LogP contribution in [0.1, 0.15) is 27.0 Å². The number of imidazole rings is 1. The summed E-state index contributed by atoms with van der Waals surface area (Å²) >= 11 is 0. The van der Waals surface area contributed by atoms with Gasteiger partial charge in [0.05, 0.1) is 23.1 Å². The molecule has 0 aliphatic heterocycles. The molecule has 0 saturated heterocycles. The number of hydrogen-bond donors (Lipinski definition) is 2. The van der Waals surface area contributed by atoms with Crippen molar-refractivity contribution >= 4 is 16.9 Å². The maximum absolute atomic E-state index is 14.0. The van der Waals surface area contributed by atoms with E-state index in [0.717, 1.165) is 6.07 Å². The maximum Gasteiger partial charge on any atom is 0.416 e. The number of H-pyrrole nitrogens is 1. The maximum atomic E-state index is 14.0. The van der Waals surface area contributed by atoms with Crippen LogP contribution in [0.25, 0.3) is 11.0 Å². The Hall–Kier alpha value is -3.88. The molecule has 9 heteroatoms. The van der Waals surface area contributed by atoms with E-state index in [1.165, 1.54) is 47.0 Å². The molecule has 0 aliphatic carbocycles. The fraction of sp³-hybridized carbons (Fsp3) is 0.130. The van der Waals surface area contributed by atoms with Gasteiger partial charge in [0.1, 0.15) is 5.82 Å². The molecule has 1 aromatic heterocycles. The molecule has 0 fully saturated rings. The summed E-state index contributed by atoms with van der Waals surface area (Å²) in [5.74, 6) is -1.03. The number of halogens is 4. The van der Waals surface area contributed by atoms with Gasteiger partial charge in [-0.25, -0.2) is 9.18 Å². The summed E-state index contributed by atoms with van der Waals surface area (Å²) < 4.78 is 54.7. The van der Waals surface area contributed by atoms with E-state index in [4.69, 9.17) is 0 Å². The van der Waals surface area contributed by atoms with Gasteiger partial charge in [-0.2, -0.15) is 13.2 Å². The van der Waals surface area contributed by atoms with E-state index in [1.54, 1.807) is 18.2 Å². The standard InChI is InChI=1S/C23H17F4N3O2/c24-18-8-4-2-6-16(18)13-30-20-10-9-14(11-19(20)29-22(30)32)21(31)28-12-15-5-1-3-7-17(15)23(25,26)27/h1-11H,12-13H2,(H,28,31)(H,29,32). The van der Waals surface area contributed by atoms with Crippen molar-refractivity contribution in [3.05, 3.63) is 105 Å². The highest BCUT2D eigenvalue weighted by Gasteiger charge is 2.32. The second kappa shape index (κ2) is 8.33. The lowest BCUT2D eigenvalue weighted by atomic mass is 10.1. The number of nitrogens with one attached hydrogen (secondary N) is 2. The van der Waals surface area contributed by atoms with Gasteiger partial charge in [-0.15, -0.1) is 0 Å². The number of amides is 1. The first kappa shape index (κ1) is 21.4. The van der Waals surface area contributed by atoms with Crippen molar-refractivity contribution in [3.8, 4) is 0 Å². The van der Waals surface area contributed by atoms with Crippen LogP contribution in [-0.2, 0) is 19.3 Å². The molecule has 0 radical (unpaired) electrons. The van der Waals surface area contributed by atoms with E-state index in [0.29, 0.717) is 16.6 Å². The molecule has 4 rings (SSSR count). The van der Waals surface area contributed by atoms with Crippen LogP contribution in [0.5, 0.6) is 0 Å². The number of nitrogens with zero attached hydrogens (tertiary/aromatic N) is 1. The number of aromatic amines is 1. The van der Waals surface area contributed by atoms with E-state index < -0.39 is 29.2 Å². The lowest BCUT2D eigenvalue weighted by Crippen LogP contribution is -2.24. The molecular formula is C23H17F4N3O2. The molecule has 0 aliphatic rings. The van der Waals surface area contributed by atoms with Crippen molar-refractivity contribution in [2.24, 2.45) is 0 Å². The Morgan fingerprint density at radius 3 is 2.38 bits per heavy atom. The van der Waals surface area contributed by atoms with Gasteiger partial charge in [0.25, 0.3) is 5.91 Å². The number of fused-ring (bicyclic) bond motifs is 1. The van der Waals surface area contributed by atoms with E-state index in [-0.39, 0.29) is 24.2 Å². The molecular weight excluding hydrogens is 426 g/mol. The molecule has 0 bridgehead atoms. The molecule has 5 nitrogen and oxygen atoms in total. The summed E-state index contributed by atoms with van der Waals surface area (Å²) in [6, 6.07) is 15.5. The number of carbonyl (C=O) groups is 1. The molecule has 2 N–H and O–H groups in total. The lowest BCUT2D eigenvalue weighted by molar-refractivity contribution is -0.138. The number of rotatable bonds is 5. The molecule has 0 unspecified atom stereocenters. The normalized spacial score (nSPS) is 11.6. The number of carbonyl (C=O) groups excluding carboxylic acids is 1. The third-order valence-electron chi connectivity index (χ3n) is 5.08. The second-order valence-corrected chi connectivity index (χ2v) is 7.18. The highest BCUT2D eigenvalue weighted by Crippen LogP contribution is 2.31. The quantitative estimate of drug-likeness (QED) is 0.447. The zero-order chi connectivity index (χ0) is 22.9. The monoisotopic (exact) mass is 443 g/mol. The second-order valence-electron chi connectivity index (χ2n) is 7.18. The Balaban J connectivity index is 1.56. The van der Waals surface area contributed by atoms with Crippen molar-refractivity contribution in [1.29, 1.82) is 0 Å². The topological polar surface area (TPSA) is 66.9 Å². The molecule has 3 aromatic carbocycles. The molecule has 164 valence electrons. The molecule has 1 amide bonds. The smallest absolute Gasteiger partial charge is 0.348 e. The van der Waals surface area contributed by atoms with Crippen LogP contribution in [0.15, 0.2) is 71.5 Å². The first-order chi connectivity index (χ1) is 15.2. The van der Waals surface area contributed by atoms with Gasteiger partial charge in [-0.05, 0) is 35.9 Å². The first-order valence-electron chi connectivity index (χ1n) is 9.63. The van der Waals surface area contributed by atoms with Crippen LogP contribution in [0.3, 0.4) is 0 Å². The summed E-state index contributed by atoms with van der Waals surface area (Å²) in [7, 11) is 0. The van der Waals surface area contributed by atoms with Crippen LogP contribution in [0.4, 0.5) is 17.6 Å². The zero-order valence-electron chi connectivity index (χ0n) is 16.5. The van der Waals surface area contributed by atoms with Crippen molar-refractivity contribution in [1.82, 2.24) is 14.9 Å². The molecule has 0 saturated carbocycles. The molecule has 0 atom stereocenters. The van der Waals surface area contributed by atoms with Crippen molar-refractivity contribution in [3.63, 3.8) is 0 Å². The fourth-order valence-corrected chi connectivity index (χ4v) is 3.49. The Bertz CT molecular complexity index is 1360. The summed E-state index contributed by atoms with van der Waals surface area (Å²) in [5.41, 5.74) is -0.0158. The van der Waals surface area contributed by atoms with Crippen molar-refractivity contribution in [2.45, 2.75) is 19.3 Å². The van der Waals surface area contributed by atoms with E-state index in [2.05, 4.69) is 10.3 Å². The van der Waals surface area contributed by atoms with Gasteiger partial charge in [-0.3, -0.25) is 9.36 Å².